The summed E-state index contributed by atoms with van der Waals surface area (Å²) >= 11 is 0. The average Bonchev–Trinajstić information content (AvgIpc) is 2.26. The summed E-state index contributed by atoms with van der Waals surface area (Å²) in [5, 5.41) is 0. The van der Waals surface area contributed by atoms with Gasteiger partial charge >= 0.3 is 0 Å². The molecule has 0 aliphatic rings. The average molecular weight is 219 g/mol. The summed E-state index contributed by atoms with van der Waals surface area (Å²) in [5.41, 5.74) is 19.2. The molecule has 0 aromatic heterocycles. The van der Waals surface area contributed by atoms with E-state index >= 15 is 0 Å². The molecule has 0 radical (unpaired) electrons. The summed E-state index contributed by atoms with van der Waals surface area (Å²) in [6, 6.07) is 7.09. The topological polar surface area (TPSA) is 95.1 Å². The van der Waals surface area contributed by atoms with E-state index in [2.05, 4.69) is 0 Å². The van der Waals surface area contributed by atoms with Gasteiger partial charge in [0.05, 0.1) is 6.04 Å². The first kappa shape index (κ1) is 12.3. The summed E-state index contributed by atoms with van der Waals surface area (Å²) in [6.45, 7) is 1.98. The van der Waals surface area contributed by atoms with Crippen LogP contribution in [0.5, 0.6) is 0 Å². The molecule has 6 N–H and O–H groups in total. The Balaban J connectivity index is 2.93. The number of primary amides is 1. The molecule has 4 heteroatoms. The van der Waals surface area contributed by atoms with E-state index < -0.39 is 11.9 Å². The van der Waals surface area contributed by atoms with Crippen LogP contribution in [0.1, 0.15) is 17.5 Å². The smallest absolute Gasteiger partial charge is 0.234 e. The van der Waals surface area contributed by atoms with Gasteiger partial charge in [0.25, 0.3) is 0 Å². The molecule has 0 saturated carbocycles. The quantitative estimate of drug-likeness (QED) is 0.688. The molecule has 16 heavy (non-hydrogen) atoms. The lowest BCUT2D eigenvalue weighted by Gasteiger charge is -2.13. The van der Waals surface area contributed by atoms with Crippen molar-refractivity contribution in [2.24, 2.45) is 17.2 Å². The number of carbonyl (C=O) groups excluding carboxylic acids is 1. The Morgan fingerprint density at radius 3 is 2.56 bits per heavy atom. The van der Waals surface area contributed by atoms with Crippen LogP contribution < -0.4 is 17.2 Å². The predicted molar refractivity (Wildman–Crippen MR) is 65.1 cm³/mol. The standard InChI is InChI=1S/C12H17N3O/c1-8-4-2-3-5-10(8)9(7-13)6-11(14)12(15)16/h2-5,7,11H,6,13-14H2,1H3,(H2,15,16)/b9-7-. The fraction of sp³-hybridized carbons (Fsp3) is 0.250. The second kappa shape index (κ2) is 5.32. The van der Waals surface area contributed by atoms with Crippen LogP contribution in [0, 0.1) is 6.92 Å². The SMILES string of the molecule is Cc1ccccc1/C(=C\N)CC(N)C(N)=O. The summed E-state index contributed by atoms with van der Waals surface area (Å²) in [5.74, 6) is -0.520. The van der Waals surface area contributed by atoms with Gasteiger partial charge in [-0.2, -0.15) is 0 Å². The minimum absolute atomic E-state index is 0.358. The van der Waals surface area contributed by atoms with Crippen LogP contribution in [0.25, 0.3) is 5.57 Å². The van der Waals surface area contributed by atoms with Gasteiger partial charge in [-0.25, -0.2) is 0 Å². The van der Waals surface area contributed by atoms with Crippen LogP contribution in [0.3, 0.4) is 0 Å². The van der Waals surface area contributed by atoms with Crippen LogP contribution in [-0.2, 0) is 4.79 Å². The van der Waals surface area contributed by atoms with Gasteiger partial charge in [-0.1, -0.05) is 24.3 Å². The van der Waals surface area contributed by atoms with Gasteiger partial charge in [-0.05, 0) is 36.2 Å². The first-order chi connectivity index (χ1) is 7.56. The van der Waals surface area contributed by atoms with E-state index in [1.165, 1.54) is 6.20 Å². The molecule has 0 spiro atoms. The second-order valence-corrected chi connectivity index (χ2v) is 3.72. The zero-order valence-electron chi connectivity index (χ0n) is 9.31. The van der Waals surface area contributed by atoms with E-state index in [4.69, 9.17) is 17.2 Å². The highest BCUT2D eigenvalue weighted by Gasteiger charge is 2.13. The van der Waals surface area contributed by atoms with Crippen molar-refractivity contribution in [2.45, 2.75) is 19.4 Å². The maximum atomic E-state index is 10.9. The van der Waals surface area contributed by atoms with Crippen molar-refractivity contribution in [1.82, 2.24) is 0 Å². The Hall–Kier alpha value is -1.81. The normalized spacial score (nSPS) is 13.5. The molecule has 0 bridgehead atoms. The number of aryl methyl sites for hydroxylation is 1. The molecule has 0 aliphatic heterocycles. The third-order valence-electron chi connectivity index (χ3n) is 2.50. The van der Waals surface area contributed by atoms with E-state index in [0.29, 0.717) is 6.42 Å². The lowest BCUT2D eigenvalue weighted by molar-refractivity contribution is -0.119. The third kappa shape index (κ3) is 2.84. The molecule has 1 aromatic rings. The van der Waals surface area contributed by atoms with Crippen molar-refractivity contribution in [1.29, 1.82) is 0 Å². The van der Waals surface area contributed by atoms with Crippen molar-refractivity contribution in [2.75, 3.05) is 0 Å². The molecular weight excluding hydrogens is 202 g/mol. The first-order valence-electron chi connectivity index (χ1n) is 5.08. The van der Waals surface area contributed by atoms with E-state index in [-0.39, 0.29) is 0 Å². The Bertz CT molecular complexity index is 412. The van der Waals surface area contributed by atoms with Gasteiger partial charge < -0.3 is 17.2 Å². The molecular formula is C12H17N3O. The second-order valence-electron chi connectivity index (χ2n) is 3.72. The molecule has 1 atom stereocenters. The van der Waals surface area contributed by atoms with Crippen LogP contribution in [0.15, 0.2) is 30.5 Å². The van der Waals surface area contributed by atoms with Gasteiger partial charge in [-0.3, -0.25) is 4.79 Å². The minimum Gasteiger partial charge on any atom is -0.404 e. The molecule has 1 aromatic carbocycles. The number of hydrogen-bond donors (Lipinski definition) is 3. The molecule has 1 amide bonds. The molecule has 0 heterocycles. The van der Waals surface area contributed by atoms with E-state index in [0.717, 1.165) is 16.7 Å². The van der Waals surface area contributed by atoms with Gasteiger partial charge in [0.2, 0.25) is 5.91 Å². The van der Waals surface area contributed by atoms with Gasteiger partial charge in [-0.15, -0.1) is 0 Å². The Labute approximate surface area is 95.1 Å². The Kier molecular flexibility index (Phi) is 4.08. The summed E-state index contributed by atoms with van der Waals surface area (Å²) in [7, 11) is 0. The number of rotatable bonds is 4. The summed E-state index contributed by atoms with van der Waals surface area (Å²) < 4.78 is 0. The minimum atomic E-state index is -0.700. The first-order valence-corrected chi connectivity index (χ1v) is 5.08. The van der Waals surface area contributed by atoms with Gasteiger partial charge in [0.15, 0.2) is 0 Å². The van der Waals surface area contributed by atoms with Crippen LogP contribution in [0.2, 0.25) is 0 Å². The zero-order chi connectivity index (χ0) is 12.1. The summed E-state index contributed by atoms with van der Waals surface area (Å²) in [4.78, 5) is 10.9. The molecule has 1 rings (SSSR count). The van der Waals surface area contributed by atoms with Crippen LogP contribution in [0.4, 0.5) is 0 Å². The number of carbonyl (C=O) groups is 1. The largest absolute Gasteiger partial charge is 0.404 e. The maximum Gasteiger partial charge on any atom is 0.234 e. The fourth-order valence-corrected chi connectivity index (χ4v) is 1.54. The van der Waals surface area contributed by atoms with E-state index in [1.54, 1.807) is 0 Å². The van der Waals surface area contributed by atoms with Gasteiger partial charge in [0, 0.05) is 0 Å². The highest BCUT2D eigenvalue weighted by atomic mass is 16.1. The number of nitrogens with two attached hydrogens (primary N) is 3. The Morgan fingerprint density at radius 1 is 1.44 bits per heavy atom. The number of hydrogen-bond acceptors (Lipinski definition) is 3. The molecule has 4 nitrogen and oxygen atoms in total. The summed E-state index contributed by atoms with van der Waals surface area (Å²) in [6.07, 6.45) is 1.84. The number of benzene rings is 1. The van der Waals surface area contributed by atoms with E-state index in [9.17, 15) is 4.79 Å². The lowest BCUT2D eigenvalue weighted by Crippen LogP contribution is -2.36. The van der Waals surface area contributed by atoms with Crippen LogP contribution in [-0.4, -0.2) is 11.9 Å². The fourth-order valence-electron chi connectivity index (χ4n) is 1.54. The molecule has 0 aliphatic carbocycles. The lowest BCUT2D eigenvalue weighted by atomic mass is 9.96. The zero-order valence-corrected chi connectivity index (χ0v) is 9.31. The van der Waals surface area contributed by atoms with E-state index in [1.807, 2.05) is 31.2 Å². The predicted octanol–water partition coefficient (Wildman–Crippen LogP) is 0.497. The van der Waals surface area contributed by atoms with Gasteiger partial charge in [0.1, 0.15) is 0 Å². The monoisotopic (exact) mass is 219 g/mol. The number of amides is 1. The molecule has 1 unspecified atom stereocenters. The van der Waals surface area contributed by atoms with Crippen molar-refractivity contribution >= 4 is 11.5 Å². The molecule has 0 saturated heterocycles. The van der Waals surface area contributed by atoms with Crippen molar-refractivity contribution in [3.05, 3.63) is 41.6 Å². The Morgan fingerprint density at radius 2 is 2.06 bits per heavy atom. The maximum absolute atomic E-state index is 10.9. The van der Waals surface area contributed by atoms with Crippen molar-refractivity contribution in [3.63, 3.8) is 0 Å². The molecule has 0 fully saturated rings. The molecule has 86 valence electrons. The van der Waals surface area contributed by atoms with Crippen molar-refractivity contribution in [3.8, 4) is 0 Å². The van der Waals surface area contributed by atoms with Crippen molar-refractivity contribution < 1.29 is 4.79 Å². The third-order valence-corrected chi connectivity index (χ3v) is 2.50. The highest BCUT2D eigenvalue weighted by Crippen LogP contribution is 2.21. The highest BCUT2D eigenvalue weighted by molar-refractivity contribution is 5.82. The van der Waals surface area contributed by atoms with Crippen LogP contribution >= 0.6 is 0 Å².